The first kappa shape index (κ1) is 8.62. The number of carbonyl (C=O) groups is 1. The fourth-order valence-electron chi connectivity index (χ4n) is 2.43. The summed E-state index contributed by atoms with van der Waals surface area (Å²) in [6.07, 6.45) is 4.45. The zero-order chi connectivity index (χ0) is 9.10. The number of rotatable bonds is 3. The highest BCUT2D eigenvalue weighted by Crippen LogP contribution is 2.52. The van der Waals surface area contributed by atoms with E-state index in [4.69, 9.17) is 4.74 Å². The quantitative estimate of drug-likeness (QED) is 0.484. The first-order valence-corrected chi connectivity index (χ1v) is 4.94. The largest absolute Gasteiger partial charge is 0.468 e. The summed E-state index contributed by atoms with van der Waals surface area (Å²) in [5, 5.41) is 0. The molecule has 0 heterocycles. The van der Waals surface area contributed by atoms with Crippen LogP contribution in [0.2, 0.25) is 0 Å². The van der Waals surface area contributed by atoms with Crippen LogP contribution in [0.1, 0.15) is 25.7 Å². The van der Waals surface area contributed by atoms with Crippen LogP contribution >= 0.6 is 0 Å². The lowest BCUT2D eigenvalue weighted by molar-refractivity contribution is -0.129. The number of hydrogen-bond donors (Lipinski definition) is 0. The Morgan fingerprint density at radius 3 is 2.38 bits per heavy atom. The van der Waals surface area contributed by atoms with Gasteiger partial charge >= 0.3 is 0 Å². The van der Waals surface area contributed by atoms with Crippen molar-refractivity contribution in [2.24, 2.45) is 17.8 Å². The van der Waals surface area contributed by atoms with Crippen molar-refractivity contribution in [3.63, 3.8) is 0 Å². The summed E-state index contributed by atoms with van der Waals surface area (Å²) in [5.74, 6) is 8.53. The lowest BCUT2D eigenvalue weighted by Gasteiger charge is -1.96. The Kier molecular flexibility index (Phi) is 2.54. The first-order chi connectivity index (χ1) is 6.43. The molecule has 2 aliphatic rings. The topological polar surface area (TPSA) is 26.3 Å². The SMILES string of the molecule is O=COCC1C2CCC#CCCC21. The van der Waals surface area contributed by atoms with Crippen molar-refractivity contribution in [2.75, 3.05) is 6.61 Å². The average molecular weight is 178 g/mol. The lowest BCUT2D eigenvalue weighted by atomic mass is 10.1. The predicted octanol–water partition coefficient (Wildman–Crippen LogP) is 1.60. The highest BCUT2D eigenvalue weighted by Gasteiger charge is 2.48. The first-order valence-electron chi connectivity index (χ1n) is 4.94. The zero-order valence-corrected chi connectivity index (χ0v) is 7.66. The van der Waals surface area contributed by atoms with Crippen LogP contribution < -0.4 is 0 Å². The summed E-state index contributed by atoms with van der Waals surface area (Å²) in [4.78, 5) is 10.0. The molecule has 2 rings (SSSR count). The van der Waals surface area contributed by atoms with E-state index in [2.05, 4.69) is 11.8 Å². The lowest BCUT2D eigenvalue weighted by Crippen LogP contribution is -1.96. The summed E-state index contributed by atoms with van der Waals surface area (Å²) in [6, 6.07) is 0. The van der Waals surface area contributed by atoms with Gasteiger partial charge in [-0.15, -0.1) is 11.8 Å². The van der Waals surface area contributed by atoms with Gasteiger partial charge in [-0.05, 0) is 30.6 Å². The van der Waals surface area contributed by atoms with Crippen molar-refractivity contribution in [2.45, 2.75) is 25.7 Å². The minimum absolute atomic E-state index is 0.558. The van der Waals surface area contributed by atoms with Crippen molar-refractivity contribution in [1.82, 2.24) is 0 Å². The van der Waals surface area contributed by atoms with E-state index in [9.17, 15) is 4.79 Å². The molecule has 0 aromatic heterocycles. The molecule has 2 nitrogen and oxygen atoms in total. The van der Waals surface area contributed by atoms with Gasteiger partial charge in [-0.3, -0.25) is 4.79 Å². The van der Waals surface area contributed by atoms with E-state index in [0.717, 1.165) is 24.7 Å². The third-order valence-electron chi connectivity index (χ3n) is 3.20. The van der Waals surface area contributed by atoms with Crippen LogP contribution in [0.5, 0.6) is 0 Å². The van der Waals surface area contributed by atoms with E-state index < -0.39 is 0 Å². The van der Waals surface area contributed by atoms with Crippen LogP contribution in [0.3, 0.4) is 0 Å². The summed E-state index contributed by atoms with van der Waals surface area (Å²) < 4.78 is 4.81. The molecular weight excluding hydrogens is 164 g/mol. The highest BCUT2D eigenvalue weighted by molar-refractivity contribution is 5.37. The van der Waals surface area contributed by atoms with Crippen molar-refractivity contribution in [3.8, 4) is 11.8 Å². The Morgan fingerprint density at radius 1 is 1.23 bits per heavy atom. The fourth-order valence-corrected chi connectivity index (χ4v) is 2.43. The van der Waals surface area contributed by atoms with Crippen LogP contribution in [0.25, 0.3) is 0 Å². The number of fused-ring (bicyclic) bond motifs is 1. The number of ether oxygens (including phenoxy) is 1. The standard InChI is InChI=1S/C11H14O2/c12-8-13-7-11-9-5-3-1-2-4-6-10(9)11/h8-11H,3-7H2. The second-order valence-electron chi connectivity index (χ2n) is 3.85. The van der Waals surface area contributed by atoms with E-state index >= 15 is 0 Å². The predicted molar refractivity (Wildman–Crippen MR) is 48.7 cm³/mol. The monoisotopic (exact) mass is 178 g/mol. The van der Waals surface area contributed by atoms with Crippen molar-refractivity contribution < 1.29 is 9.53 Å². The molecule has 2 unspecified atom stereocenters. The van der Waals surface area contributed by atoms with Gasteiger partial charge in [0, 0.05) is 12.8 Å². The molecule has 70 valence electrons. The van der Waals surface area contributed by atoms with Crippen LogP contribution in [0, 0.1) is 29.6 Å². The Labute approximate surface area is 78.7 Å². The van der Waals surface area contributed by atoms with Gasteiger partial charge in [0.15, 0.2) is 0 Å². The maximum atomic E-state index is 10.0. The summed E-state index contributed by atoms with van der Waals surface area (Å²) in [7, 11) is 0. The van der Waals surface area contributed by atoms with Gasteiger partial charge in [0.05, 0.1) is 6.61 Å². The minimum atomic E-state index is 0.558. The van der Waals surface area contributed by atoms with Crippen LogP contribution in [0.15, 0.2) is 0 Å². The molecule has 0 amide bonds. The third-order valence-corrected chi connectivity index (χ3v) is 3.20. The molecule has 2 atom stereocenters. The van der Waals surface area contributed by atoms with E-state index in [1.807, 2.05) is 0 Å². The highest BCUT2D eigenvalue weighted by atomic mass is 16.5. The molecule has 1 fully saturated rings. The number of carbonyl (C=O) groups excluding carboxylic acids is 1. The van der Waals surface area contributed by atoms with Crippen molar-refractivity contribution >= 4 is 6.47 Å². The van der Waals surface area contributed by atoms with E-state index in [1.54, 1.807) is 0 Å². The molecule has 0 radical (unpaired) electrons. The van der Waals surface area contributed by atoms with Crippen LogP contribution in [-0.4, -0.2) is 13.1 Å². The minimum Gasteiger partial charge on any atom is -0.468 e. The van der Waals surface area contributed by atoms with E-state index in [0.29, 0.717) is 19.0 Å². The maximum Gasteiger partial charge on any atom is 0.293 e. The van der Waals surface area contributed by atoms with Gasteiger partial charge in [0.25, 0.3) is 6.47 Å². The smallest absolute Gasteiger partial charge is 0.293 e. The summed E-state index contributed by atoms with van der Waals surface area (Å²) in [6.45, 7) is 1.18. The molecule has 0 N–H and O–H groups in total. The van der Waals surface area contributed by atoms with Crippen molar-refractivity contribution in [3.05, 3.63) is 0 Å². The van der Waals surface area contributed by atoms with E-state index in [1.165, 1.54) is 12.8 Å². The molecule has 1 saturated carbocycles. The fraction of sp³-hybridized carbons (Fsp3) is 0.727. The zero-order valence-electron chi connectivity index (χ0n) is 7.66. The molecule has 13 heavy (non-hydrogen) atoms. The van der Waals surface area contributed by atoms with Gasteiger partial charge < -0.3 is 4.74 Å². The van der Waals surface area contributed by atoms with Gasteiger partial charge in [-0.1, -0.05) is 0 Å². The van der Waals surface area contributed by atoms with Crippen LogP contribution in [0.4, 0.5) is 0 Å². The average Bonchev–Trinajstić information content (AvgIpc) is 2.72. The molecule has 0 spiro atoms. The molecule has 0 aliphatic heterocycles. The normalized spacial score (nSPS) is 35.8. The molecule has 0 bridgehead atoms. The van der Waals surface area contributed by atoms with Gasteiger partial charge in [-0.2, -0.15) is 0 Å². The summed E-state index contributed by atoms with van der Waals surface area (Å²) >= 11 is 0. The van der Waals surface area contributed by atoms with Gasteiger partial charge in [-0.25, -0.2) is 0 Å². The number of hydrogen-bond acceptors (Lipinski definition) is 2. The van der Waals surface area contributed by atoms with Crippen LogP contribution in [-0.2, 0) is 9.53 Å². The second-order valence-corrected chi connectivity index (χ2v) is 3.85. The van der Waals surface area contributed by atoms with Gasteiger partial charge in [0.1, 0.15) is 0 Å². The molecule has 0 aromatic rings. The molecule has 2 aliphatic carbocycles. The molecular formula is C11H14O2. The third kappa shape index (κ3) is 1.85. The molecule has 2 heteroatoms. The maximum absolute atomic E-state index is 10.0. The Balaban J connectivity index is 1.82. The Hall–Kier alpha value is -0.970. The van der Waals surface area contributed by atoms with Crippen molar-refractivity contribution in [1.29, 1.82) is 0 Å². The summed E-state index contributed by atoms with van der Waals surface area (Å²) in [5.41, 5.74) is 0. The molecule has 0 aromatic carbocycles. The second kappa shape index (κ2) is 3.83. The Morgan fingerprint density at radius 2 is 1.85 bits per heavy atom. The van der Waals surface area contributed by atoms with E-state index in [-0.39, 0.29) is 0 Å². The van der Waals surface area contributed by atoms with Gasteiger partial charge in [0.2, 0.25) is 0 Å². The Bertz CT molecular complexity index is 231. The molecule has 0 saturated heterocycles.